The van der Waals surface area contributed by atoms with Crippen molar-refractivity contribution in [3.05, 3.63) is 154 Å². The quantitative estimate of drug-likeness (QED) is 0.135. The first-order valence-electron chi connectivity index (χ1n) is 16.2. The van der Waals surface area contributed by atoms with Crippen molar-refractivity contribution in [1.29, 1.82) is 0 Å². The van der Waals surface area contributed by atoms with Crippen molar-refractivity contribution < 1.29 is 19.1 Å². The summed E-state index contributed by atoms with van der Waals surface area (Å²) in [6.07, 6.45) is 1.67. The molecule has 1 aliphatic rings. The molecule has 246 valence electrons. The number of para-hydroxylation sites is 1. The predicted molar refractivity (Wildman–Crippen MR) is 189 cm³/mol. The van der Waals surface area contributed by atoms with Gasteiger partial charge >= 0.3 is 6.09 Å². The summed E-state index contributed by atoms with van der Waals surface area (Å²) in [5.74, 6) is -0.778. The van der Waals surface area contributed by atoms with Gasteiger partial charge in [0.15, 0.2) is 0 Å². The lowest BCUT2D eigenvalue weighted by atomic mass is 9.84. The molecule has 3 atom stereocenters. The third-order valence-electron chi connectivity index (χ3n) is 8.62. The molecule has 1 aliphatic heterocycles. The Balaban J connectivity index is 1.10. The highest BCUT2D eigenvalue weighted by Gasteiger charge is 2.33. The first-order valence-corrected chi connectivity index (χ1v) is 17.1. The molecule has 1 fully saturated rings. The lowest BCUT2D eigenvalue weighted by molar-refractivity contribution is -0.118. The van der Waals surface area contributed by atoms with E-state index in [4.69, 9.17) is 14.5 Å². The van der Waals surface area contributed by atoms with Gasteiger partial charge in [-0.05, 0) is 41.2 Å². The molecule has 0 spiro atoms. The van der Waals surface area contributed by atoms with Crippen LogP contribution in [0.2, 0.25) is 0 Å². The summed E-state index contributed by atoms with van der Waals surface area (Å²) >= 11 is 1.69. The maximum absolute atomic E-state index is 14.1. The van der Waals surface area contributed by atoms with E-state index in [2.05, 4.69) is 45.6 Å². The second-order valence-electron chi connectivity index (χ2n) is 11.8. The topological polar surface area (TPSA) is 102 Å². The van der Waals surface area contributed by atoms with Crippen LogP contribution in [0.4, 0.5) is 10.5 Å². The highest BCUT2D eigenvalue weighted by atomic mass is 32.1. The average molecular weight is 661 g/mol. The maximum Gasteiger partial charge on any atom is 0.407 e. The number of thiazole rings is 1. The molecule has 0 saturated carbocycles. The van der Waals surface area contributed by atoms with Crippen LogP contribution in [-0.2, 0) is 27.1 Å². The molecule has 0 radical (unpaired) electrons. The van der Waals surface area contributed by atoms with Gasteiger partial charge in [-0.2, -0.15) is 0 Å². The Morgan fingerprint density at radius 3 is 2.21 bits per heavy atom. The van der Waals surface area contributed by atoms with E-state index >= 15 is 0 Å². The summed E-state index contributed by atoms with van der Waals surface area (Å²) in [6, 6.07) is 36.7. The molecule has 1 saturated heterocycles. The lowest BCUT2D eigenvalue weighted by Gasteiger charge is -2.30. The first-order chi connectivity index (χ1) is 23.6. The summed E-state index contributed by atoms with van der Waals surface area (Å²) in [5, 5.41) is 12.8. The van der Waals surface area contributed by atoms with Crippen LogP contribution in [0.15, 0.2) is 121 Å². The molecule has 5 aromatic rings. The number of carbonyl (C=O) groups excluding carboxylic acids is 2. The van der Waals surface area contributed by atoms with Crippen LogP contribution in [-0.4, -0.2) is 49.4 Å². The fraction of sp³-hybridized carbons (Fsp3) is 0.256. The minimum Gasteiger partial charge on any atom is -0.453 e. The Hall–Kier alpha value is -4.83. The molecule has 6 rings (SSSR count). The Bertz CT molecular complexity index is 1720. The number of hydrogen-bond acceptors (Lipinski definition) is 7. The van der Waals surface area contributed by atoms with Gasteiger partial charge in [0, 0.05) is 30.0 Å². The van der Waals surface area contributed by atoms with Crippen molar-refractivity contribution in [2.45, 2.75) is 43.4 Å². The first kappa shape index (κ1) is 33.1. The molecule has 4 aromatic carbocycles. The van der Waals surface area contributed by atoms with Crippen LogP contribution >= 0.6 is 11.3 Å². The number of anilines is 1. The van der Waals surface area contributed by atoms with Crippen molar-refractivity contribution in [2.75, 3.05) is 25.6 Å². The second kappa shape index (κ2) is 16.3. The third-order valence-corrected chi connectivity index (χ3v) is 9.49. The minimum absolute atomic E-state index is 0.0294. The van der Waals surface area contributed by atoms with Gasteiger partial charge in [-0.1, -0.05) is 109 Å². The highest BCUT2D eigenvalue weighted by Crippen LogP contribution is 2.30. The number of morpholine rings is 1. The molecule has 9 heteroatoms. The number of carbonyl (C=O) groups is 2. The van der Waals surface area contributed by atoms with E-state index in [0.29, 0.717) is 25.3 Å². The molecule has 0 bridgehead atoms. The van der Waals surface area contributed by atoms with E-state index in [1.807, 2.05) is 91.0 Å². The molecule has 48 heavy (non-hydrogen) atoms. The molecule has 8 nitrogen and oxygen atoms in total. The highest BCUT2D eigenvalue weighted by molar-refractivity contribution is 7.09. The summed E-state index contributed by atoms with van der Waals surface area (Å²) in [4.78, 5) is 31.5. The average Bonchev–Trinajstić information content (AvgIpc) is 3.60. The zero-order chi connectivity index (χ0) is 33.1. The second-order valence-corrected chi connectivity index (χ2v) is 12.8. The number of nitrogens with zero attached hydrogens (tertiary/aromatic N) is 1. The SMILES string of the molecule is COC(=O)NC(C(=O)Nc1ccccc1CC[C@@H]1CN[C@H](c2csc(Cc3ccccc3)n2)CO1)C(c1ccccc1)c1ccccc1. The molecule has 1 unspecified atom stereocenters. The molecular weight excluding hydrogens is 621 g/mol. The number of aryl methyl sites for hydroxylation is 1. The van der Waals surface area contributed by atoms with E-state index < -0.39 is 18.1 Å². The van der Waals surface area contributed by atoms with E-state index in [1.54, 1.807) is 11.3 Å². The largest absolute Gasteiger partial charge is 0.453 e. The number of amides is 2. The number of benzene rings is 4. The minimum atomic E-state index is -0.933. The van der Waals surface area contributed by atoms with Crippen molar-refractivity contribution in [3.8, 4) is 0 Å². The van der Waals surface area contributed by atoms with Crippen LogP contribution in [0.1, 0.15) is 51.3 Å². The smallest absolute Gasteiger partial charge is 0.407 e. The number of alkyl carbamates (subject to hydrolysis) is 1. The Labute approximate surface area is 285 Å². The van der Waals surface area contributed by atoms with Crippen molar-refractivity contribution in [2.24, 2.45) is 0 Å². The van der Waals surface area contributed by atoms with Crippen LogP contribution in [0.25, 0.3) is 0 Å². The number of nitrogens with one attached hydrogen (secondary N) is 3. The van der Waals surface area contributed by atoms with Gasteiger partial charge in [0.2, 0.25) is 5.91 Å². The van der Waals surface area contributed by atoms with Crippen LogP contribution < -0.4 is 16.0 Å². The Morgan fingerprint density at radius 1 is 0.917 bits per heavy atom. The van der Waals surface area contributed by atoms with Crippen molar-refractivity contribution >= 4 is 29.0 Å². The predicted octanol–water partition coefficient (Wildman–Crippen LogP) is 6.89. The Morgan fingerprint density at radius 2 is 1.56 bits per heavy atom. The number of hydrogen-bond donors (Lipinski definition) is 3. The van der Waals surface area contributed by atoms with Gasteiger partial charge in [-0.25, -0.2) is 9.78 Å². The molecule has 0 aliphatic carbocycles. The third kappa shape index (κ3) is 8.55. The van der Waals surface area contributed by atoms with E-state index in [9.17, 15) is 9.59 Å². The van der Waals surface area contributed by atoms with Gasteiger partial charge < -0.3 is 25.4 Å². The summed E-state index contributed by atoms with van der Waals surface area (Å²) in [6.45, 7) is 1.27. The lowest BCUT2D eigenvalue weighted by Crippen LogP contribution is -2.48. The fourth-order valence-electron chi connectivity index (χ4n) is 6.11. The number of aromatic nitrogens is 1. The fourth-order valence-corrected chi connectivity index (χ4v) is 6.99. The molecular formula is C39H40N4O4S. The van der Waals surface area contributed by atoms with Crippen LogP contribution in [0.5, 0.6) is 0 Å². The number of ether oxygens (including phenoxy) is 2. The summed E-state index contributed by atoms with van der Waals surface area (Å²) < 4.78 is 11.2. The standard InChI is InChI=1S/C39H40N4O4S/c1-46-39(45)43-37(36(29-16-7-3-8-17-29)30-18-9-4-10-19-30)38(44)42-32-20-12-11-15-28(32)21-22-31-24-40-33(25-47-31)34-26-48-35(41-34)23-27-13-5-2-6-14-27/h2-20,26,31,33,36-37,40H,21-25H2,1H3,(H,42,44)(H,43,45)/t31-,33+,37?/m1/s1. The van der Waals surface area contributed by atoms with Gasteiger partial charge in [0.05, 0.1) is 36.6 Å². The number of rotatable bonds is 12. The molecule has 1 aromatic heterocycles. The van der Waals surface area contributed by atoms with Crippen molar-refractivity contribution in [1.82, 2.24) is 15.6 Å². The van der Waals surface area contributed by atoms with Gasteiger partial charge in [0.1, 0.15) is 6.04 Å². The van der Waals surface area contributed by atoms with E-state index in [-0.39, 0.29) is 18.1 Å². The maximum atomic E-state index is 14.1. The number of methoxy groups -OCH3 is 1. The molecule has 3 N–H and O–H groups in total. The van der Waals surface area contributed by atoms with Gasteiger partial charge in [0.25, 0.3) is 0 Å². The molecule has 2 heterocycles. The molecule has 2 amide bonds. The normalized spacial score (nSPS) is 16.6. The summed E-state index contributed by atoms with van der Waals surface area (Å²) in [7, 11) is 1.30. The van der Waals surface area contributed by atoms with Crippen LogP contribution in [0, 0.1) is 0 Å². The zero-order valence-electron chi connectivity index (χ0n) is 26.9. The van der Waals surface area contributed by atoms with E-state index in [1.165, 1.54) is 12.7 Å². The van der Waals surface area contributed by atoms with Crippen molar-refractivity contribution in [3.63, 3.8) is 0 Å². The summed E-state index contributed by atoms with van der Waals surface area (Å²) in [5.41, 5.74) is 5.78. The zero-order valence-corrected chi connectivity index (χ0v) is 27.7. The van der Waals surface area contributed by atoms with Gasteiger partial charge in [-0.3, -0.25) is 4.79 Å². The van der Waals surface area contributed by atoms with E-state index in [0.717, 1.165) is 40.2 Å². The monoisotopic (exact) mass is 660 g/mol. The van der Waals surface area contributed by atoms with Gasteiger partial charge in [-0.15, -0.1) is 11.3 Å². The van der Waals surface area contributed by atoms with Crippen LogP contribution in [0.3, 0.4) is 0 Å². The Kier molecular flexibility index (Phi) is 11.3.